The predicted octanol–water partition coefficient (Wildman–Crippen LogP) is 2.42. The van der Waals surface area contributed by atoms with Crippen molar-refractivity contribution in [1.82, 2.24) is 14.2 Å². The number of rotatable bonds is 5. The van der Waals surface area contributed by atoms with E-state index in [0.29, 0.717) is 31.1 Å². The van der Waals surface area contributed by atoms with E-state index in [4.69, 9.17) is 0 Å². The second kappa shape index (κ2) is 9.69. The maximum atomic E-state index is 13.3. The molecule has 0 N–H and O–H groups in total. The quantitative estimate of drug-likeness (QED) is 0.642. The van der Waals surface area contributed by atoms with Crippen molar-refractivity contribution in [2.75, 3.05) is 62.2 Å². The number of anilines is 2. The van der Waals surface area contributed by atoms with Gasteiger partial charge in [-0.1, -0.05) is 0 Å². The fourth-order valence-electron chi connectivity index (χ4n) is 5.04. The van der Waals surface area contributed by atoms with E-state index in [1.807, 2.05) is 22.5 Å². The molecule has 33 heavy (non-hydrogen) atoms. The molecule has 2 fully saturated rings. The molecule has 0 unspecified atom stereocenters. The molecule has 0 bridgehead atoms. The zero-order valence-electron chi connectivity index (χ0n) is 18.9. The van der Waals surface area contributed by atoms with Gasteiger partial charge in [0.2, 0.25) is 15.9 Å². The number of nitrogens with zero attached hydrogens (tertiary/aromatic N) is 5. The summed E-state index contributed by atoms with van der Waals surface area (Å²) in [4.78, 5) is 24.4. The molecule has 0 spiro atoms. The molecule has 4 heterocycles. The summed E-state index contributed by atoms with van der Waals surface area (Å²) in [6.45, 7) is 5.82. The van der Waals surface area contributed by atoms with Crippen LogP contribution in [0, 0.1) is 0 Å². The van der Waals surface area contributed by atoms with E-state index in [9.17, 15) is 13.2 Å². The van der Waals surface area contributed by atoms with Crippen molar-refractivity contribution in [2.45, 2.75) is 37.0 Å². The highest BCUT2D eigenvalue weighted by Gasteiger charge is 2.30. The Kier molecular flexibility index (Phi) is 6.69. The summed E-state index contributed by atoms with van der Waals surface area (Å²) in [5, 5.41) is 3.05. The van der Waals surface area contributed by atoms with E-state index >= 15 is 0 Å². The monoisotopic (exact) mass is 489 g/mol. The Balaban J connectivity index is 1.26. The third kappa shape index (κ3) is 4.80. The number of hydrogen-bond acceptors (Lipinski definition) is 7. The van der Waals surface area contributed by atoms with E-state index in [2.05, 4.69) is 14.8 Å². The molecule has 0 saturated carbocycles. The summed E-state index contributed by atoms with van der Waals surface area (Å²) < 4.78 is 27.5. The molecule has 0 atom stereocenters. The fourth-order valence-corrected chi connectivity index (χ4v) is 7.30. The molecule has 8 nitrogen and oxygen atoms in total. The first-order valence-electron chi connectivity index (χ1n) is 11.8. The largest absolute Gasteiger partial charge is 0.347 e. The Morgan fingerprint density at radius 2 is 1.82 bits per heavy atom. The maximum absolute atomic E-state index is 13.3. The molecule has 3 aliphatic heterocycles. The van der Waals surface area contributed by atoms with E-state index in [-0.39, 0.29) is 5.91 Å². The van der Waals surface area contributed by atoms with E-state index < -0.39 is 10.0 Å². The van der Waals surface area contributed by atoms with Gasteiger partial charge in [0, 0.05) is 63.1 Å². The van der Waals surface area contributed by atoms with Crippen LogP contribution in [0.15, 0.2) is 34.7 Å². The van der Waals surface area contributed by atoms with Crippen molar-refractivity contribution in [3.05, 3.63) is 35.3 Å². The second-order valence-electron chi connectivity index (χ2n) is 8.98. The molecule has 5 rings (SSSR count). The van der Waals surface area contributed by atoms with Gasteiger partial charge in [0.1, 0.15) is 0 Å². The number of aryl methyl sites for hydroxylation is 1. The van der Waals surface area contributed by atoms with E-state index in [1.54, 1.807) is 27.8 Å². The lowest BCUT2D eigenvalue weighted by Gasteiger charge is -2.32. The molecule has 0 radical (unpaired) electrons. The number of sulfonamides is 1. The van der Waals surface area contributed by atoms with Crippen molar-refractivity contribution in [2.24, 2.45) is 0 Å². The predicted molar refractivity (Wildman–Crippen MR) is 130 cm³/mol. The van der Waals surface area contributed by atoms with Gasteiger partial charge in [-0.05, 0) is 55.9 Å². The molecule has 2 saturated heterocycles. The van der Waals surface area contributed by atoms with Crippen molar-refractivity contribution >= 4 is 38.1 Å². The van der Waals surface area contributed by atoms with Crippen LogP contribution in [0.1, 0.15) is 31.2 Å². The molecule has 0 aliphatic carbocycles. The summed E-state index contributed by atoms with van der Waals surface area (Å²) >= 11 is 1.65. The molecule has 10 heteroatoms. The Bertz CT molecular complexity index is 1080. The first-order chi connectivity index (χ1) is 16.0. The number of fused-ring (bicyclic) bond motifs is 1. The summed E-state index contributed by atoms with van der Waals surface area (Å²) in [6.07, 6.45) is 6.33. The van der Waals surface area contributed by atoms with Crippen molar-refractivity contribution in [1.29, 1.82) is 0 Å². The number of benzene rings is 1. The number of hydrogen-bond donors (Lipinski definition) is 0. The van der Waals surface area contributed by atoms with Crippen LogP contribution in [0.2, 0.25) is 0 Å². The first-order valence-corrected chi connectivity index (χ1v) is 14.1. The van der Waals surface area contributed by atoms with E-state index in [0.717, 1.165) is 74.7 Å². The molecule has 1 aromatic heterocycles. The van der Waals surface area contributed by atoms with Gasteiger partial charge in [0.15, 0.2) is 5.13 Å². The SMILES string of the molecule is O=C(CN1CCCN(c2nccs2)CC1)N1CCCc2cc(S(=O)(=O)N3CCCC3)ccc21. The third-order valence-electron chi connectivity index (χ3n) is 6.81. The van der Waals surface area contributed by atoms with Gasteiger partial charge < -0.3 is 9.80 Å². The van der Waals surface area contributed by atoms with E-state index in [1.165, 1.54) is 0 Å². The smallest absolute Gasteiger partial charge is 0.243 e. The topological polar surface area (TPSA) is 77.1 Å². The van der Waals surface area contributed by atoms with Gasteiger partial charge in [-0.3, -0.25) is 9.69 Å². The van der Waals surface area contributed by atoms with Crippen LogP contribution in [-0.4, -0.2) is 80.9 Å². The highest BCUT2D eigenvalue weighted by molar-refractivity contribution is 7.89. The van der Waals surface area contributed by atoms with Gasteiger partial charge in [0.25, 0.3) is 0 Å². The van der Waals surface area contributed by atoms with Crippen LogP contribution in [0.4, 0.5) is 10.8 Å². The number of carbonyl (C=O) groups is 1. The van der Waals surface area contributed by atoms with Crippen LogP contribution in [0.25, 0.3) is 0 Å². The fraction of sp³-hybridized carbons (Fsp3) is 0.565. The maximum Gasteiger partial charge on any atom is 0.243 e. The Morgan fingerprint density at radius 3 is 2.61 bits per heavy atom. The van der Waals surface area contributed by atoms with Crippen LogP contribution in [0.3, 0.4) is 0 Å². The average molecular weight is 490 g/mol. The number of aromatic nitrogens is 1. The van der Waals surface area contributed by atoms with Gasteiger partial charge in [-0.15, -0.1) is 11.3 Å². The highest BCUT2D eigenvalue weighted by atomic mass is 32.2. The zero-order valence-corrected chi connectivity index (χ0v) is 20.5. The molecule has 1 amide bonds. The Morgan fingerprint density at radius 1 is 0.970 bits per heavy atom. The summed E-state index contributed by atoms with van der Waals surface area (Å²) in [5.41, 5.74) is 1.83. The Labute approximate surface area is 199 Å². The minimum Gasteiger partial charge on any atom is -0.347 e. The minimum absolute atomic E-state index is 0.0915. The highest BCUT2D eigenvalue weighted by Crippen LogP contribution is 2.31. The molecular formula is C23H31N5O3S2. The van der Waals surface area contributed by atoms with Gasteiger partial charge in [0.05, 0.1) is 11.4 Å². The third-order valence-corrected chi connectivity index (χ3v) is 9.54. The second-order valence-corrected chi connectivity index (χ2v) is 11.8. The lowest BCUT2D eigenvalue weighted by molar-refractivity contribution is -0.119. The minimum atomic E-state index is -3.45. The summed E-state index contributed by atoms with van der Waals surface area (Å²) in [7, 11) is -3.45. The zero-order chi connectivity index (χ0) is 22.8. The first kappa shape index (κ1) is 22.8. The normalized spacial score (nSPS) is 20.6. The van der Waals surface area contributed by atoms with Crippen LogP contribution in [0.5, 0.6) is 0 Å². The average Bonchev–Trinajstić information content (AvgIpc) is 3.51. The lowest BCUT2D eigenvalue weighted by atomic mass is 10.0. The summed E-state index contributed by atoms with van der Waals surface area (Å²) in [6, 6.07) is 5.30. The summed E-state index contributed by atoms with van der Waals surface area (Å²) in [5.74, 6) is 0.0915. The van der Waals surface area contributed by atoms with Crippen LogP contribution in [-0.2, 0) is 21.2 Å². The molecular weight excluding hydrogens is 458 g/mol. The lowest BCUT2D eigenvalue weighted by Crippen LogP contribution is -2.44. The number of carbonyl (C=O) groups excluding carboxylic acids is 1. The Hall–Kier alpha value is -2.01. The standard InChI is InChI=1S/C23H31N5O3S2/c29-22(18-25-9-4-10-26(15-14-25)23-24-8-16-32-23)28-13-3-5-19-17-20(6-7-21(19)28)33(30,31)27-11-1-2-12-27/h6-8,16-17H,1-5,9-15,18H2. The van der Waals surface area contributed by atoms with Gasteiger partial charge in [-0.2, -0.15) is 4.31 Å². The number of amides is 1. The molecule has 1 aromatic carbocycles. The van der Waals surface area contributed by atoms with Gasteiger partial charge in [-0.25, -0.2) is 13.4 Å². The molecule has 3 aliphatic rings. The van der Waals surface area contributed by atoms with Crippen molar-refractivity contribution in [3.63, 3.8) is 0 Å². The number of thiazole rings is 1. The van der Waals surface area contributed by atoms with Crippen LogP contribution >= 0.6 is 11.3 Å². The molecule has 178 valence electrons. The van der Waals surface area contributed by atoms with Crippen molar-refractivity contribution < 1.29 is 13.2 Å². The van der Waals surface area contributed by atoms with Gasteiger partial charge >= 0.3 is 0 Å². The van der Waals surface area contributed by atoms with Crippen LogP contribution < -0.4 is 9.80 Å². The van der Waals surface area contributed by atoms with Crippen molar-refractivity contribution in [3.8, 4) is 0 Å². The molecule has 2 aromatic rings.